The number of likely N-dealkylation sites (tertiary alicyclic amines) is 1. The maximum absolute atomic E-state index is 12.7. The first-order valence-electron chi connectivity index (χ1n) is 8.95. The van der Waals surface area contributed by atoms with Gasteiger partial charge >= 0.3 is 11.8 Å². The summed E-state index contributed by atoms with van der Waals surface area (Å²) in [5, 5.41) is 9.55. The predicted molar refractivity (Wildman–Crippen MR) is 112 cm³/mol. The zero-order chi connectivity index (χ0) is 21.3. The minimum atomic E-state index is -3.86. The summed E-state index contributed by atoms with van der Waals surface area (Å²) in [4.78, 5) is 14.0. The van der Waals surface area contributed by atoms with Gasteiger partial charge in [0, 0.05) is 18.5 Å². The van der Waals surface area contributed by atoms with E-state index in [4.69, 9.17) is 20.8 Å². The van der Waals surface area contributed by atoms with Crippen molar-refractivity contribution in [3.05, 3.63) is 40.6 Å². The predicted octanol–water partition coefficient (Wildman–Crippen LogP) is 3.50. The van der Waals surface area contributed by atoms with Crippen LogP contribution in [0.15, 0.2) is 38.3 Å². The topological polar surface area (TPSA) is 115 Å². The quantitative estimate of drug-likeness (QED) is 0.588. The van der Waals surface area contributed by atoms with E-state index in [0.29, 0.717) is 30.1 Å². The fourth-order valence-corrected chi connectivity index (χ4v) is 5.45. The second-order valence-corrected chi connectivity index (χ2v) is 9.75. The molecule has 1 N–H and O–H groups in total. The Morgan fingerprint density at radius 3 is 2.73 bits per heavy atom. The summed E-state index contributed by atoms with van der Waals surface area (Å²) < 4.78 is 38.4. The van der Waals surface area contributed by atoms with Crippen molar-refractivity contribution in [2.45, 2.75) is 17.1 Å². The van der Waals surface area contributed by atoms with Crippen LogP contribution in [0.1, 0.15) is 23.5 Å². The lowest BCUT2D eigenvalue weighted by Gasteiger charge is -2.11. The van der Waals surface area contributed by atoms with E-state index in [1.807, 2.05) is 0 Å². The summed E-state index contributed by atoms with van der Waals surface area (Å²) in [6.45, 7) is 1.33. The number of thiophene rings is 1. The van der Waals surface area contributed by atoms with Gasteiger partial charge in [-0.25, -0.2) is 8.42 Å². The fraction of sp³-hybridized carbons (Fsp3) is 0.278. The van der Waals surface area contributed by atoms with Gasteiger partial charge in [-0.3, -0.25) is 9.52 Å². The monoisotopic (exact) mass is 468 g/mol. The third kappa shape index (κ3) is 4.13. The largest absolute Gasteiger partial charge is 0.495 e. The molecule has 2 aromatic heterocycles. The van der Waals surface area contributed by atoms with Crippen molar-refractivity contribution in [2.24, 2.45) is 0 Å². The lowest BCUT2D eigenvalue weighted by molar-refractivity contribution is 0.0754. The van der Waals surface area contributed by atoms with Gasteiger partial charge < -0.3 is 14.1 Å². The molecule has 4 rings (SSSR count). The molecule has 1 aliphatic rings. The number of anilines is 1. The van der Waals surface area contributed by atoms with E-state index in [-0.39, 0.29) is 26.9 Å². The smallest absolute Gasteiger partial charge is 0.311 e. The Bertz CT molecular complexity index is 1180. The van der Waals surface area contributed by atoms with E-state index in [1.165, 1.54) is 19.2 Å². The van der Waals surface area contributed by atoms with Crippen LogP contribution in [0.2, 0.25) is 5.02 Å². The number of ether oxygens (including phenoxy) is 1. The van der Waals surface area contributed by atoms with Crippen LogP contribution in [-0.2, 0) is 10.0 Å². The number of aromatic nitrogens is 2. The van der Waals surface area contributed by atoms with Gasteiger partial charge in [0.05, 0.1) is 23.4 Å². The van der Waals surface area contributed by atoms with E-state index in [2.05, 4.69) is 14.9 Å². The lowest BCUT2D eigenvalue weighted by Crippen LogP contribution is -2.27. The highest BCUT2D eigenvalue weighted by atomic mass is 35.5. The fourth-order valence-electron chi connectivity index (χ4n) is 2.99. The van der Waals surface area contributed by atoms with Gasteiger partial charge in [0.25, 0.3) is 10.0 Å². The number of nitrogens with one attached hydrogen (secondary N) is 1. The van der Waals surface area contributed by atoms with Crippen molar-refractivity contribution in [1.29, 1.82) is 0 Å². The van der Waals surface area contributed by atoms with Crippen LogP contribution in [0.5, 0.6) is 5.75 Å². The summed E-state index contributed by atoms with van der Waals surface area (Å²) in [5.74, 6) is 0.109. The number of hydrogen-bond acceptors (Lipinski definition) is 8. The molecule has 3 aromatic rings. The van der Waals surface area contributed by atoms with Gasteiger partial charge in [0.2, 0.25) is 5.89 Å². The molecule has 1 fully saturated rings. The van der Waals surface area contributed by atoms with Crippen LogP contribution in [-0.4, -0.2) is 49.6 Å². The minimum Gasteiger partial charge on any atom is -0.495 e. The molecule has 1 aromatic carbocycles. The maximum Gasteiger partial charge on any atom is 0.311 e. The molecule has 0 atom stereocenters. The van der Waals surface area contributed by atoms with E-state index in [0.717, 1.165) is 24.2 Å². The lowest BCUT2D eigenvalue weighted by atomic mass is 10.3. The van der Waals surface area contributed by atoms with Crippen molar-refractivity contribution in [2.75, 3.05) is 24.9 Å². The number of carbonyl (C=O) groups is 1. The Morgan fingerprint density at radius 2 is 2.03 bits per heavy atom. The van der Waals surface area contributed by atoms with E-state index in [9.17, 15) is 13.2 Å². The molecule has 0 bridgehead atoms. The Labute approximate surface area is 181 Å². The molecule has 30 heavy (non-hydrogen) atoms. The highest BCUT2D eigenvalue weighted by Crippen LogP contribution is 2.31. The Hall–Kier alpha value is -2.63. The molecule has 1 saturated heterocycles. The van der Waals surface area contributed by atoms with Gasteiger partial charge in [-0.2, -0.15) is 0 Å². The molecule has 9 nitrogen and oxygen atoms in total. The normalized spacial score (nSPS) is 14.1. The number of halogens is 1. The van der Waals surface area contributed by atoms with Crippen LogP contribution < -0.4 is 9.46 Å². The number of amides is 1. The highest BCUT2D eigenvalue weighted by Gasteiger charge is 2.26. The van der Waals surface area contributed by atoms with Gasteiger partial charge in [0.15, 0.2) is 0 Å². The third-order valence-electron chi connectivity index (χ3n) is 4.49. The number of methoxy groups -OCH3 is 1. The molecular formula is C18H17ClN4O5S2. The zero-order valence-electron chi connectivity index (χ0n) is 15.8. The SMILES string of the molecule is COc1ccc(NS(=O)(=O)c2cc(-c3nnc(C(=O)N4CCCC4)o3)cs2)cc1Cl. The van der Waals surface area contributed by atoms with Crippen LogP contribution in [0, 0.1) is 0 Å². The molecule has 1 aliphatic heterocycles. The molecule has 0 saturated carbocycles. The standard InChI is InChI=1S/C18H17ClN4O5S2/c1-27-14-5-4-12(9-13(14)19)22-30(25,26)15-8-11(10-29-15)16-20-21-17(28-16)18(24)23-6-2-3-7-23/h4-5,8-10,22H,2-3,6-7H2,1H3. The molecular weight excluding hydrogens is 452 g/mol. The van der Waals surface area contributed by atoms with E-state index in [1.54, 1.807) is 22.4 Å². The van der Waals surface area contributed by atoms with Crippen LogP contribution in [0.4, 0.5) is 5.69 Å². The molecule has 1 amide bonds. The van der Waals surface area contributed by atoms with Gasteiger partial charge in [-0.05, 0) is 37.1 Å². The number of hydrogen-bond donors (Lipinski definition) is 1. The summed E-state index contributed by atoms with van der Waals surface area (Å²) >= 11 is 7.04. The van der Waals surface area contributed by atoms with Crippen molar-refractivity contribution < 1.29 is 22.4 Å². The number of nitrogens with zero attached hydrogens (tertiary/aromatic N) is 3. The van der Waals surface area contributed by atoms with Crippen molar-refractivity contribution in [3.63, 3.8) is 0 Å². The van der Waals surface area contributed by atoms with Gasteiger partial charge in [-0.1, -0.05) is 11.6 Å². The van der Waals surface area contributed by atoms with Crippen LogP contribution in [0.3, 0.4) is 0 Å². The first-order chi connectivity index (χ1) is 14.4. The van der Waals surface area contributed by atoms with Crippen molar-refractivity contribution in [3.8, 4) is 17.2 Å². The molecule has 0 unspecified atom stereocenters. The Balaban J connectivity index is 1.52. The molecule has 158 valence electrons. The molecule has 0 radical (unpaired) electrons. The molecule has 12 heteroatoms. The first kappa shape index (κ1) is 20.6. The Kier molecular flexibility index (Phi) is 5.67. The van der Waals surface area contributed by atoms with Gasteiger partial charge in [0.1, 0.15) is 9.96 Å². The third-order valence-corrected chi connectivity index (χ3v) is 7.61. The second-order valence-electron chi connectivity index (χ2n) is 6.52. The average molecular weight is 469 g/mol. The van der Waals surface area contributed by atoms with Crippen LogP contribution >= 0.6 is 22.9 Å². The minimum absolute atomic E-state index is 0.0510. The number of carbonyl (C=O) groups excluding carboxylic acids is 1. The highest BCUT2D eigenvalue weighted by molar-refractivity contribution is 7.94. The molecule has 0 spiro atoms. The Morgan fingerprint density at radius 1 is 1.27 bits per heavy atom. The first-order valence-corrected chi connectivity index (χ1v) is 11.7. The summed E-state index contributed by atoms with van der Waals surface area (Å²) in [5.41, 5.74) is 0.716. The van der Waals surface area contributed by atoms with Crippen molar-refractivity contribution >= 4 is 44.6 Å². The maximum atomic E-state index is 12.7. The molecule has 3 heterocycles. The summed E-state index contributed by atoms with van der Waals surface area (Å²) in [7, 11) is -2.38. The average Bonchev–Trinajstić information content (AvgIpc) is 3.48. The van der Waals surface area contributed by atoms with E-state index >= 15 is 0 Å². The number of rotatable bonds is 6. The number of benzene rings is 1. The van der Waals surface area contributed by atoms with Crippen molar-refractivity contribution in [1.82, 2.24) is 15.1 Å². The van der Waals surface area contributed by atoms with Crippen LogP contribution in [0.25, 0.3) is 11.5 Å². The second kappa shape index (κ2) is 8.25. The van der Waals surface area contributed by atoms with Gasteiger partial charge in [-0.15, -0.1) is 21.5 Å². The summed E-state index contributed by atoms with van der Waals surface area (Å²) in [6, 6.07) is 5.98. The molecule has 0 aliphatic carbocycles. The van der Waals surface area contributed by atoms with E-state index < -0.39 is 10.0 Å². The number of sulfonamides is 1. The summed E-state index contributed by atoms with van der Waals surface area (Å²) in [6.07, 6.45) is 1.90. The zero-order valence-corrected chi connectivity index (χ0v) is 18.2.